The molecule has 0 saturated heterocycles. The summed E-state index contributed by atoms with van der Waals surface area (Å²) >= 11 is 1.23. The van der Waals surface area contributed by atoms with Gasteiger partial charge in [-0.2, -0.15) is 0 Å². The second-order valence-electron chi connectivity index (χ2n) is 4.49. The lowest BCUT2D eigenvalue weighted by atomic mass is 9.94. The van der Waals surface area contributed by atoms with E-state index in [1.165, 1.54) is 23.9 Å². The second-order valence-corrected chi connectivity index (χ2v) is 5.54. The van der Waals surface area contributed by atoms with E-state index in [1.54, 1.807) is 6.07 Å². The minimum atomic E-state index is -0.599. The number of nitrogens with one attached hydrogen (secondary N) is 1. The van der Waals surface area contributed by atoms with Gasteiger partial charge in [-0.3, -0.25) is 4.79 Å². The molecule has 0 aliphatic rings. The van der Waals surface area contributed by atoms with E-state index in [1.807, 2.05) is 13.8 Å². The largest absolute Gasteiger partial charge is 0.399 e. The lowest BCUT2D eigenvalue weighted by Crippen LogP contribution is -2.47. The maximum absolute atomic E-state index is 13.2. The number of amides is 1. The van der Waals surface area contributed by atoms with Gasteiger partial charge in [-0.1, -0.05) is 19.8 Å². The Bertz CT molecular complexity index is 501. The van der Waals surface area contributed by atoms with Crippen LogP contribution in [0.1, 0.15) is 26.7 Å². The molecule has 3 N–H and O–H groups in total. The van der Waals surface area contributed by atoms with Gasteiger partial charge in [0, 0.05) is 10.6 Å². The van der Waals surface area contributed by atoms with Crippen LogP contribution in [0, 0.1) is 18.2 Å². The summed E-state index contributed by atoms with van der Waals surface area (Å²) in [5, 5.41) is 2.86. The number of hydrogen-bond acceptors (Lipinski definition) is 3. The lowest BCUT2D eigenvalue weighted by molar-refractivity contribution is -0.119. The maximum atomic E-state index is 13.2. The second kappa shape index (κ2) is 7.20. The van der Waals surface area contributed by atoms with Gasteiger partial charge in [0.15, 0.2) is 0 Å². The molecular formula is C15H19FN2OS. The van der Waals surface area contributed by atoms with Crippen molar-refractivity contribution >= 4 is 23.4 Å². The highest BCUT2D eigenvalue weighted by Crippen LogP contribution is 2.22. The number of nitrogens with two attached hydrogens (primary N) is 1. The van der Waals surface area contributed by atoms with E-state index in [9.17, 15) is 9.18 Å². The topological polar surface area (TPSA) is 55.1 Å². The van der Waals surface area contributed by atoms with E-state index in [-0.39, 0.29) is 11.7 Å². The molecule has 0 aliphatic carbocycles. The first-order chi connectivity index (χ1) is 9.44. The minimum absolute atomic E-state index is 0.167. The van der Waals surface area contributed by atoms with Crippen LogP contribution in [-0.4, -0.2) is 17.2 Å². The number of terminal acetylenes is 1. The molecule has 5 heteroatoms. The fraction of sp³-hybridized carbons (Fsp3) is 0.400. The zero-order valence-corrected chi connectivity index (χ0v) is 12.5. The van der Waals surface area contributed by atoms with Gasteiger partial charge in [-0.05, 0) is 31.0 Å². The first-order valence-corrected chi connectivity index (χ1v) is 7.41. The summed E-state index contributed by atoms with van der Waals surface area (Å²) < 4.78 is 13.2. The number of benzene rings is 1. The third kappa shape index (κ3) is 4.46. The molecule has 0 aromatic heterocycles. The van der Waals surface area contributed by atoms with Crippen molar-refractivity contribution in [3.05, 3.63) is 24.0 Å². The minimum Gasteiger partial charge on any atom is -0.399 e. The van der Waals surface area contributed by atoms with E-state index < -0.39 is 11.4 Å². The number of halogens is 1. The average molecular weight is 294 g/mol. The number of carbonyl (C=O) groups is 1. The SMILES string of the molecule is C#CC(CC)(CC)NC(=O)CSc1cc(N)cc(F)c1. The quantitative estimate of drug-likeness (QED) is 0.482. The fourth-order valence-corrected chi connectivity index (χ4v) is 2.57. The number of carbonyl (C=O) groups excluding carboxylic acids is 1. The van der Waals surface area contributed by atoms with E-state index >= 15 is 0 Å². The smallest absolute Gasteiger partial charge is 0.231 e. The predicted molar refractivity (Wildman–Crippen MR) is 81.8 cm³/mol. The summed E-state index contributed by atoms with van der Waals surface area (Å²) in [6, 6.07) is 4.22. The monoisotopic (exact) mass is 294 g/mol. The molecule has 0 aliphatic heterocycles. The van der Waals surface area contributed by atoms with Gasteiger partial charge in [0.2, 0.25) is 5.91 Å². The Balaban J connectivity index is 2.62. The van der Waals surface area contributed by atoms with Gasteiger partial charge < -0.3 is 11.1 Å². The van der Waals surface area contributed by atoms with Crippen molar-refractivity contribution in [2.24, 2.45) is 0 Å². The van der Waals surface area contributed by atoms with Crippen LogP contribution >= 0.6 is 11.8 Å². The Hall–Kier alpha value is -1.67. The third-order valence-corrected chi connectivity index (χ3v) is 4.10. The van der Waals surface area contributed by atoms with Crippen LogP contribution in [0.3, 0.4) is 0 Å². The zero-order chi connectivity index (χ0) is 15.2. The van der Waals surface area contributed by atoms with E-state index in [0.717, 1.165) is 0 Å². The molecule has 0 spiro atoms. The number of hydrogen-bond donors (Lipinski definition) is 2. The average Bonchev–Trinajstić information content (AvgIpc) is 2.42. The van der Waals surface area contributed by atoms with Gasteiger partial charge in [0.25, 0.3) is 0 Å². The molecule has 1 aromatic carbocycles. The van der Waals surface area contributed by atoms with Crippen molar-refractivity contribution < 1.29 is 9.18 Å². The molecule has 0 radical (unpaired) electrons. The molecule has 0 bridgehead atoms. The molecule has 1 amide bonds. The van der Waals surface area contributed by atoms with Crippen LogP contribution in [0.4, 0.5) is 10.1 Å². The lowest BCUT2D eigenvalue weighted by Gasteiger charge is -2.26. The van der Waals surface area contributed by atoms with Crippen molar-refractivity contribution in [1.29, 1.82) is 0 Å². The van der Waals surface area contributed by atoms with E-state index in [0.29, 0.717) is 23.4 Å². The standard InChI is InChI=1S/C15H19FN2OS/c1-4-15(5-2,6-3)18-14(19)10-20-13-8-11(16)7-12(17)9-13/h1,7-9H,5-6,10,17H2,2-3H3,(H,18,19). The molecular weight excluding hydrogens is 275 g/mol. The van der Waals surface area contributed by atoms with Crippen molar-refractivity contribution in [3.63, 3.8) is 0 Å². The molecule has 3 nitrogen and oxygen atoms in total. The highest BCUT2D eigenvalue weighted by molar-refractivity contribution is 8.00. The van der Waals surface area contributed by atoms with Gasteiger partial charge in [-0.15, -0.1) is 18.2 Å². The Kier molecular flexibility index (Phi) is 5.90. The first kappa shape index (κ1) is 16.4. The summed E-state index contributed by atoms with van der Waals surface area (Å²) in [6.45, 7) is 3.87. The van der Waals surface area contributed by atoms with Crippen LogP contribution in [0.2, 0.25) is 0 Å². The van der Waals surface area contributed by atoms with Crippen LogP contribution in [0.5, 0.6) is 0 Å². The van der Waals surface area contributed by atoms with Crippen molar-refractivity contribution in [2.45, 2.75) is 37.1 Å². The summed E-state index contributed by atoms with van der Waals surface area (Å²) in [4.78, 5) is 12.5. The molecule has 0 heterocycles. The molecule has 1 rings (SSSR count). The van der Waals surface area contributed by atoms with Crippen LogP contribution in [-0.2, 0) is 4.79 Å². The molecule has 20 heavy (non-hydrogen) atoms. The Morgan fingerprint density at radius 2 is 2.10 bits per heavy atom. The van der Waals surface area contributed by atoms with Crippen molar-refractivity contribution in [1.82, 2.24) is 5.32 Å². The molecule has 108 valence electrons. The predicted octanol–water partition coefficient (Wildman–Crippen LogP) is 2.81. The van der Waals surface area contributed by atoms with Gasteiger partial charge in [0.1, 0.15) is 11.4 Å². The number of thioether (sulfide) groups is 1. The van der Waals surface area contributed by atoms with Gasteiger partial charge >= 0.3 is 0 Å². The molecule has 0 saturated carbocycles. The fourth-order valence-electron chi connectivity index (χ4n) is 1.79. The maximum Gasteiger partial charge on any atom is 0.231 e. The summed E-state index contributed by atoms with van der Waals surface area (Å²) in [5.74, 6) is 2.24. The van der Waals surface area contributed by atoms with Gasteiger partial charge in [-0.25, -0.2) is 4.39 Å². The van der Waals surface area contributed by atoms with Gasteiger partial charge in [0.05, 0.1) is 5.75 Å². The normalized spacial score (nSPS) is 10.9. The number of nitrogen functional groups attached to an aromatic ring is 1. The third-order valence-electron chi connectivity index (χ3n) is 3.13. The highest BCUT2D eigenvalue weighted by Gasteiger charge is 2.25. The van der Waals surface area contributed by atoms with E-state index in [2.05, 4.69) is 11.2 Å². The van der Waals surface area contributed by atoms with E-state index in [4.69, 9.17) is 12.2 Å². The Morgan fingerprint density at radius 3 is 2.60 bits per heavy atom. The van der Waals surface area contributed by atoms with Crippen LogP contribution in [0.15, 0.2) is 23.1 Å². The zero-order valence-electron chi connectivity index (χ0n) is 11.7. The summed E-state index contributed by atoms with van der Waals surface area (Å²) in [7, 11) is 0. The highest BCUT2D eigenvalue weighted by atomic mass is 32.2. The molecule has 0 atom stereocenters. The van der Waals surface area contributed by atoms with Crippen LogP contribution in [0.25, 0.3) is 0 Å². The van der Waals surface area contributed by atoms with Crippen molar-refractivity contribution in [3.8, 4) is 12.3 Å². The molecule has 0 unspecified atom stereocenters. The number of anilines is 1. The summed E-state index contributed by atoms with van der Waals surface area (Å²) in [5.41, 5.74) is 5.29. The Morgan fingerprint density at radius 1 is 1.45 bits per heavy atom. The summed E-state index contributed by atoms with van der Waals surface area (Å²) in [6.07, 6.45) is 6.83. The van der Waals surface area contributed by atoms with Crippen molar-refractivity contribution in [2.75, 3.05) is 11.5 Å². The van der Waals surface area contributed by atoms with Crippen LogP contribution < -0.4 is 11.1 Å². The molecule has 1 aromatic rings. The first-order valence-electron chi connectivity index (χ1n) is 6.42. The Labute approximate surface area is 123 Å². The number of rotatable bonds is 6. The molecule has 0 fully saturated rings.